The lowest BCUT2D eigenvalue weighted by molar-refractivity contribution is -0.117. The summed E-state index contributed by atoms with van der Waals surface area (Å²) in [5, 5.41) is 0. The van der Waals surface area contributed by atoms with Crippen molar-refractivity contribution in [2.75, 3.05) is 37.8 Å². The number of rotatable bonds is 7. The molecule has 2 aliphatic heterocycles. The molecule has 1 amide bonds. The first-order chi connectivity index (χ1) is 14.5. The molecule has 8 nitrogen and oxygen atoms in total. The molecule has 0 bridgehead atoms. The molecule has 1 N–H and O–H groups in total. The molecular formula is C21H24N2O6S. The van der Waals surface area contributed by atoms with Gasteiger partial charge in [0.15, 0.2) is 11.5 Å². The van der Waals surface area contributed by atoms with E-state index in [0.29, 0.717) is 37.9 Å². The van der Waals surface area contributed by atoms with Gasteiger partial charge in [-0.2, -0.15) is 0 Å². The molecule has 0 aliphatic carbocycles. The third kappa shape index (κ3) is 4.36. The maximum Gasteiger partial charge on any atom is 0.240 e. The Morgan fingerprint density at radius 3 is 2.57 bits per heavy atom. The number of nitrogens with one attached hydrogen (secondary N) is 1. The van der Waals surface area contributed by atoms with Gasteiger partial charge >= 0.3 is 0 Å². The van der Waals surface area contributed by atoms with Crippen molar-refractivity contribution in [1.29, 1.82) is 0 Å². The summed E-state index contributed by atoms with van der Waals surface area (Å²) in [7, 11) is -3.72. The maximum atomic E-state index is 12.7. The number of carbonyl (C=O) groups excluding carboxylic acids is 1. The summed E-state index contributed by atoms with van der Waals surface area (Å²) in [6, 6.07) is 11.9. The minimum Gasteiger partial charge on any atom is -0.494 e. The van der Waals surface area contributed by atoms with Crippen LogP contribution in [0.15, 0.2) is 47.4 Å². The predicted molar refractivity (Wildman–Crippen MR) is 111 cm³/mol. The fraction of sp³-hybridized carbons (Fsp3) is 0.381. The summed E-state index contributed by atoms with van der Waals surface area (Å²) in [6.07, 6.45) is 0.289. The van der Waals surface area contributed by atoms with Crippen LogP contribution in [0.3, 0.4) is 0 Å². The van der Waals surface area contributed by atoms with Gasteiger partial charge in [-0.15, -0.1) is 0 Å². The van der Waals surface area contributed by atoms with Gasteiger partial charge in [0.1, 0.15) is 19.0 Å². The van der Waals surface area contributed by atoms with Gasteiger partial charge in [-0.05, 0) is 49.2 Å². The van der Waals surface area contributed by atoms with Crippen molar-refractivity contribution in [2.45, 2.75) is 18.2 Å². The van der Waals surface area contributed by atoms with Crippen LogP contribution in [0.4, 0.5) is 5.69 Å². The van der Waals surface area contributed by atoms with E-state index >= 15 is 0 Å². The van der Waals surface area contributed by atoms with Gasteiger partial charge in [0, 0.05) is 31.3 Å². The van der Waals surface area contributed by atoms with Crippen molar-refractivity contribution < 1.29 is 27.4 Å². The summed E-state index contributed by atoms with van der Waals surface area (Å²) in [5.41, 5.74) is 0.778. The quantitative estimate of drug-likeness (QED) is 0.721. The fourth-order valence-corrected chi connectivity index (χ4v) is 4.69. The van der Waals surface area contributed by atoms with Crippen LogP contribution in [0.2, 0.25) is 0 Å². The normalized spacial score (nSPS) is 18.5. The lowest BCUT2D eigenvalue weighted by Crippen LogP contribution is -2.31. The number of hydrogen-bond donors (Lipinski definition) is 1. The summed E-state index contributed by atoms with van der Waals surface area (Å²) < 4.78 is 44.3. The second-order valence-corrected chi connectivity index (χ2v) is 8.93. The highest BCUT2D eigenvalue weighted by molar-refractivity contribution is 7.89. The third-order valence-corrected chi connectivity index (χ3v) is 6.47. The molecular weight excluding hydrogens is 408 g/mol. The molecule has 4 rings (SSSR count). The first kappa shape index (κ1) is 20.5. The van der Waals surface area contributed by atoms with Crippen LogP contribution < -0.4 is 23.8 Å². The lowest BCUT2D eigenvalue weighted by Gasteiger charge is -2.19. The van der Waals surface area contributed by atoms with Gasteiger partial charge in [0.25, 0.3) is 0 Å². The predicted octanol–water partition coefficient (Wildman–Crippen LogP) is 2.19. The molecule has 1 fully saturated rings. The van der Waals surface area contributed by atoms with Crippen LogP contribution in [-0.4, -0.2) is 47.2 Å². The molecule has 1 atom stereocenters. The van der Waals surface area contributed by atoms with Gasteiger partial charge in [-0.3, -0.25) is 4.79 Å². The topological polar surface area (TPSA) is 94.2 Å². The van der Waals surface area contributed by atoms with Crippen molar-refractivity contribution in [1.82, 2.24) is 4.72 Å². The van der Waals surface area contributed by atoms with Gasteiger partial charge in [0.05, 0.1) is 11.5 Å². The zero-order valence-corrected chi connectivity index (χ0v) is 17.5. The fourth-order valence-electron chi connectivity index (χ4n) is 3.56. The van der Waals surface area contributed by atoms with Crippen LogP contribution in [-0.2, 0) is 14.8 Å². The highest BCUT2D eigenvalue weighted by Gasteiger charge is 2.31. The van der Waals surface area contributed by atoms with Crippen molar-refractivity contribution in [3.63, 3.8) is 0 Å². The number of ether oxygens (including phenoxy) is 3. The molecule has 2 aliphatic rings. The summed E-state index contributed by atoms with van der Waals surface area (Å²) in [4.78, 5) is 14.2. The van der Waals surface area contributed by atoms with Gasteiger partial charge < -0.3 is 19.1 Å². The number of fused-ring (bicyclic) bond motifs is 1. The number of benzene rings is 2. The molecule has 1 unspecified atom stereocenters. The van der Waals surface area contributed by atoms with E-state index in [0.717, 1.165) is 11.4 Å². The Kier molecular flexibility index (Phi) is 5.83. The van der Waals surface area contributed by atoms with Crippen molar-refractivity contribution in [2.24, 2.45) is 5.92 Å². The van der Waals surface area contributed by atoms with Gasteiger partial charge in [-0.25, -0.2) is 13.1 Å². The Morgan fingerprint density at radius 2 is 1.83 bits per heavy atom. The SMILES string of the molecule is CCOc1ccc(N2CC(CNS(=O)(=O)c3ccc4c(c3)OCCO4)CC2=O)cc1. The van der Waals surface area contributed by atoms with Crippen LogP contribution >= 0.6 is 0 Å². The third-order valence-electron chi connectivity index (χ3n) is 5.05. The summed E-state index contributed by atoms with van der Waals surface area (Å²) in [5.74, 6) is 1.56. The van der Waals surface area contributed by atoms with E-state index in [9.17, 15) is 13.2 Å². The second-order valence-electron chi connectivity index (χ2n) is 7.16. The summed E-state index contributed by atoms with van der Waals surface area (Å²) in [6.45, 7) is 3.95. The van der Waals surface area contributed by atoms with E-state index in [1.54, 1.807) is 11.0 Å². The number of anilines is 1. The Labute approximate surface area is 175 Å². The smallest absolute Gasteiger partial charge is 0.240 e. The molecule has 30 heavy (non-hydrogen) atoms. The van der Waals surface area contributed by atoms with E-state index < -0.39 is 10.0 Å². The van der Waals surface area contributed by atoms with Gasteiger partial charge in [0.2, 0.25) is 15.9 Å². The molecule has 2 aromatic carbocycles. The Balaban J connectivity index is 1.38. The molecule has 2 heterocycles. The van der Waals surface area contributed by atoms with E-state index in [1.165, 1.54) is 12.1 Å². The molecule has 0 saturated carbocycles. The number of amides is 1. The van der Waals surface area contributed by atoms with Gasteiger partial charge in [-0.1, -0.05) is 0 Å². The Hall–Kier alpha value is -2.78. The Morgan fingerprint density at radius 1 is 1.10 bits per heavy atom. The minimum absolute atomic E-state index is 0.0253. The van der Waals surface area contributed by atoms with Crippen molar-refractivity contribution in [3.05, 3.63) is 42.5 Å². The van der Waals surface area contributed by atoms with Crippen LogP contribution in [0.1, 0.15) is 13.3 Å². The zero-order valence-electron chi connectivity index (χ0n) is 16.7. The maximum absolute atomic E-state index is 12.7. The number of carbonyl (C=O) groups is 1. The molecule has 0 aromatic heterocycles. The zero-order chi connectivity index (χ0) is 21.1. The van der Waals surface area contributed by atoms with E-state index in [2.05, 4.69) is 4.72 Å². The highest BCUT2D eigenvalue weighted by atomic mass is 32.2. The van der Waals surface area contributed by atoms with E-state index in [-0.39, 0.29) is 29.7 Å². The first-order valence-electron chi connectivity index (χ1n) is 9.89. The molecule has 0 spiro atoms. The van der Waals surface area contributed by atoms with E-state index in [1.807, 2.05) is 31.2 Å². The minimum atomic E-state index is -3.72. The molecule has 2 aromatic rings. The second kappa shape index (κ2) is 8.53. The monoisotopic (exact) mass is 432 g/mol. The highest BCUT2D eigenvalue weighted by Crippen LogP contribution is 2.32. The average Bonchev–Trinajstić information content (AvgIpc) is 3.13. The average molecular weight is 432 g/mol. The molecule has 9 heteroatoms. The molecule has 0 radical (unpaired) electrons. The Bertz CT molecular complexity index is 1020. The first-order valence-corrected chi connectivity index (χ1v) is 11.4. The van der Waals surface area contributed by atoms with Crippen LogP contribution in [0.25, 0.3) is 0 Å². The van der Waals surface area contributed by atoms with Crippen LogP contribution in [0, 0.1) is 5.92 Å². The molecule has 160 valence electrons. The largest absolute Gasteiger partial charge is 0.494 e. The number of nitrogens with zero attached hydrogens (tertiary/aromatic N) is 1. The van der Waals surface area contributed by atoms with E-state index in [4.69, 9.17) is 14.2 Å². The molecule has 1 saturated heterocycles. The standard InChI is InChI=1S/C21H24N2O6S/c1-2-27-17-5-3-16(4-6-17)23-14-15(11-21(23)24)13-22-30(25,26)18-7-8-19-20(12-18)29-10-9-28-19/h3-8,12,15,22H,2,9-11,13-14H2,1H3. The lowest BCUT2D eigenvalue weighted by atomic mass is 10.1. The van der Waals surface area contributed by atoms with Crippen LogP contribution in [0.5, 0.6) is 17.2 Å². The van der Waals surface area contributed by atoms with Crippen molar-refractivity contribution >= 4 is 21.6 Å². The number of hydrogen-bond acceptors (Lipinski definition) is 6. The summed E-state index contributed by atoms with van der Waals surface area (Å²) >= 11 is 0. The number of sulfonamides is 1. The van der Waals surface area contributed by atoms with Crippen molar-refractivity contribution in [3.8, 4) is 17.2 Å².